The van der Waals surface area contributed by atoms with Gasteiger partial charge in [-0.15, -0.1) is 0 Å². The normalized spacial score (nSPS) is 16.7. The summed E-state index contributed by atoms with van der Waals surface area (Å²) in [6, 6.07) is 64.6. The molecule has 0 aliphatic heterocycles. The first-order valence-corrected chi connectivity index (χ1v) is 43.7. The summed E-state index contributed by atoms with van der Waals surface area (Å²) in [5.74, 6) is -2.02. The van der Waals surface area contributed by atoms with Crippen molar-refractivity contribution < 1.29 is 38.3 Å². The van der Waals surface area contributed by atoms with Gasteiger partial charge in [0.25, 0.3) is 5.91 Å². The van der Waals surface area contributed by atoms with Gasteiger partial charge in [-0.2, -0.15) is 0 Å². The Morgan fingerprint density at radius 1 is 0.376 bits per heavy atom. The zero-order chi connectivity index (χ0) is 78.5. The molecule has 0 saturated carbocycles. The van der Waals surface area contributed by atoms with Crippen LogP contribution in [0.1, 0.15) is 125 Å². The van der Waals surface area contributed by atoms with Crippen LogP contribution in [0.3, 0.4) is 0 Å². The molecule has 18 heteroatoms. The van der Waals surface area contributed by atoms with Crippen LogP contribution >= 0.6 is 0 Å². The summed E-state index contributed by atoms with van der Waals surface area (Å²) >= 11 is 5.90. The van der Waals surface area contributed by atoms with Crippen LogP contribution < -0.4 is 65.0 Å². The molecule has 0 aromatic heterocycles. The molecule has 1 spiro atoms. The molecular formula is C99H69N7O8Se3. The van der Waals surface area contributed by atoms with Crippen LogP contribution in [-0.4, -0.2) is 140 Å². The van der Waals surface area contributed by atoms with Gasteiger partial charge in [-0.3, -0.25) is 4.79 Å². The predicted molar refractivity (Wildman–Crippen MR) is 468 cm³/mol. The van der Waals surface area contributed by atoms with Gasteiger partial charge >= 0.3 is 370 Å². The molecule has 0 fully saturated rings. The minimum atomic E-state index is -1.35. The first kappa shape index (κ1) is 69.3. The van der Waals surface area contributed by atoms with Gasteiger partial charge in [-0.25, -0.2) is 0 Å². The molecule has 0 heterocycles. The van der Waals surface area contributed by atoms with E-state index >= 15 is 4.79 Å². The van der Waals surface area contributed by atoms with Crippen molar-refractivity contribution in [2.75, 3.05) is 46.4 Å². The quantitative estimate of drug-likeness (QED) is 0.0157. The number of hydrogen-bond acceptors (Lipinski definition) is 8. The Kier molecular flexibility index (Phi) is 15.0. The molecule has 5 aliphatic carbocycles. The second-order valence-electron chi connectivity index (χ2n) is 32.9. The van der Waals surface area contributed by atoms with Gasteiger partial charge < -0.3 is 5.32 Å². The molecule has 117 heavy (non-hydrogen) atoms. The summed E-state index contributed by atoms with van der Waals surface area (Å²) in [6.45, 7) is 0.747. The van der Waals surface area contributed by atoms with E-state index in [0.29, 0.717) is 22.3 Å². The van der Waals surface area contributed by atoms with Crippen LogP contribution in [0.2, 0.25) is 0 Å². The third-order valence-corrected chi connectivity index (χ3v) is 30.7. The Morgan fingerprint density at radius 2 is 0.761 bits per heavy atom. The van der Waals surface area contributed by atoms with Gasteiger partial charge in [-0.1, -0.05) is 84.9 Å². The summed E-state index contributed by atoms with van der Waals surface area (Å²) in [5, 5.41) is 58.9. The Labute approximate surface area is 690 Å². The van der Waals surface area contributed by atoms with Crippen molar-refractivity contribution >= 4 is 252 Å². The Morgan fingerprint density at radius 3 is 1.25 bits per heavy atom. The summed E-state index contributed by atoms with van der Waals surface area (Å²) < 4.78 is 9.40. The number of fused-ring (bicyclic) bond motifs is 4. The van der Waals surface area contributed by atoms with E-state index in [2.05, 4.69) is 160 Å². The topological polar surface area (TPSA) is 213 Å². The van der Waals surface area contributed by atoms with Gasteiger partial charge in [0.15, 0.2) is 0 Å². The molecule has 4 atom stereocenters. The summed E-state index contributed by atoms with van der Waals surface area (Å²) in [4.78, 5) is 99.2. The van der Waals surface area contributed by atoms with Crippen LogP contribution in [0.5, 0.6) is 5.75 Å². The predicted octanol–water partition coefficient (Wildman–Crippen LogP) is 11.8. The van der Waals surface area contributed by atoms with E-state index in [9.17, 15) is 28.8 Å². The molecule has 7 amide bonds. The van der Waals surface area contributed by atoms with Crippen molar-refractivity contribution in [3.05, 3.63) is 249 Å². The average molecular weight is 1720 g/mol. The fourth-order valence-electron chi connectivity index (χ4n) is 22.9. The van der Waals surface area contributed by atoms with Crippen molar-refractivity contribution in [3.8, 4) is 5.75 Å². The van der Waals surface area contributed by atoms with Crippen molar-refractivity contribution in [2.24, 2.45) is 5.92 Å². The minimum absolute atomic E-state index is 0.0174. The molecule has 5 aliphatic rings. The molecule has 25 rings (SSSR count). The number of methoxy groups -OCH3 is 1. The molecule has 2 bridgehead atoms. The third kappa shape index (κ3) is 9.48. The number of ether oxygens (including phenoxy) is 1. The molecular weight excluding hydrogens is 1650 g/mol. The summed E-state index contributed by atoms with van der Waals surface area (Å²) in [6.07, 6.45) is 2.43. The fraction of sp³-hybridized carbons (Fsp3) is 0.182. The van der Waals surface area contributed by atoms with Crippen LogP contribution in [0.25, 0.3) is 146 Å². The maximum atomic E-state index is 16.2. The molecule has 2 radical (unpaired) electrons. The van der Waals surface area contributed by atoms with Crippen molar-refractivity contribution in [3.63, 3.8) is 0 Å². The molecule has 20 aromatic carbocycles. The van der Waals surface area contributed by atoms with E-state index in [0.717, 1.165) is 24.7 Å². The van der Waals surface area contributed by atoms with E-state index < -0.39 is 16.9 Å². The van der Waals surface area contributed by atoms with Crippen LogP contribution in [0.15, 0.2) is 188 Å². The molecule has 4 unspecified atom stereocenters. The first-order valence-electron chi connectivity index (χ1n) is 40.3. The maximum absolute atomic E-state index is 16.2. The summed E-state index contributed by atoms with van der Waals surface area (Å²) in [5.41, 5.74) is 7.64. The van der Waals surface area contributed by atoms with Crippen molar-refractivity contribution in [2.45, 2.75) is 61.3 Å². The van der Waals surface area contributed by atoms with E-state index in [1.165, 1.54) is 178 Å². The Balaban J connectivity index is 0.584. The molecule has 0 saturated heterocycles. The van der Waals surface area contributed by atoms with Gasteiger partial charge in [0.1, 0.15) is 0 Å². The number of rotatable bonds is 26. The monoisotopic (exact) mass is 1720 g/mol. The van der Waals surface area contributed by atoms with Crippen LogP contribution in [0, 0.1) is 5.92 Å². The first-order chi connectivity index (χ1) is 57.2. The van der Waals surface area contributed by atoms with E-state index in [1.54, 1.807) is 43.5 Å². The Bertz CT molecular complexity index is 7560. The standard InChI is InChI=1S/C99H69N7O8Se3/c1-114-50-13-21-54(22-14-50)117-53-19-10-48(11-20-53)96(112)105-43-40-102-71(109)34-37-98(35-32-69(107)100-38-41-103-94(110)46-6-15-51(115)16-7-46,36-33-70(108)101-39-42-104-95(111)47-8-17-52(116)18-9-47)106-97(113)49-12-23-64-65(44-49)72-55-4-2-3-5-63(55)92(64)99-67-31-30-61-60-27-26-57-56-24-25-58-59-28-29-62-66(45-68(72)99)80-85-78(62)77(59)83-74(58)73(56)82-75(57)76(60)84-79(61)81(67)91(93(80)99)90-88(84)86(82)87(83)89(85)90/h2-31,44-45,68,72,92H,32-43H2,1H3,(H,100,107)(H,101,108)(H,102,109)(H,103,110)(H,104,111)(H,105,112)(H,106,113). The van der Waals surface area contributed by atoms with Crippen LogP contribution in [-0.2, 0) is 19.8 Å². The molecule has 7 N–H and O–H groups in total. The van der Waals surface area contributed by atoms with E-state index in [1.807, 2.05) is 66.7 Å². The van der Waals surface area contributed by atoms with E-state index in [4.69, 9.17) is 4.74 Å². The SMILES string of the molecule is COc1ccc([Se]c2ccc(C(=O)NCCNC(=O)CCC(CCC(=O)NCCNC(=O)c3ccc([Se])cc3)(CCC(=O)NCCNC(=O)c3ccc([Se])cc3)NC(=O)c3ccc4c(c3)C3c5ccccc5C4C45c6ccc7c8ccc9c%10ccc%11c%12ccc%13c(c%14c4c4c6c7c6c8c9c7c%10c%11c8c%12c%13c%14c9c4c6c7c89)=CC35)cc2)cc1. The molecule has 566 valence electrons. The number of nitrogens with one attached hydrogen (secondary N) is 7. The van der Waals surface area contributed by atoms with Crippen molar-refractivity contribution in [1.82, 2.24) is 37.2 Å². The number of carbonyl (C=O) groups is 7. The zero-order valence-corrected chi connectivity index (χ0v) is 68.3. The van der Waals surface area contributed by atoms with Gasteiger partial charge in [-0.05, 0) is 191 Å². The second kappa shape index (κ2) is 25.3. The summed E-state index contributed by atoms with van der Waals surface area (Å²) in [7, 11) is 1.64. The molecule has 20 aromatic rings. The van der Waals surface area contributed by atoms with Gasteiger partial charge in [0.05, 0.1) is 0 Å². The van der Waals surface area contributed by atoms with Gasteiger partial charge in [0, 0.05) is 34.3 Å². The number of benzene rings is 15. The Hall–Kier alpha value is -12.0. The van der Waals surface area contributed by atoms with Gasteiger partial charge in [0.2, 0.25) is 0 Å². The molecule has 15 nitrogen and oxygen atoms in total. The number of amides is 7. The fourth-order valence-corrected chi connectivity index (χ4v) is 25.1. The average Bonchev–Trinajstić information content (AvgIpc) is 1.43. The van der Waals surface area contributed by atoms with Crippen molar-refractivity contribution in [1.29, 1.82) is 0 Å². The number of carbonyl (C=O) groups excluding carboxylic acids is 7. The van der Waals surface area contributed by atoms with Crippen LogP contribution in [0.4, 0.5) is 0 Å². The zero-order valence-electron chi connectivity index (χ0n) is 63.2. The van der Waals surface area contributed by atoms with E-state index in [-0.39, 0.29) is 146 Å². The number of hydrogen-bond donors (Lipinski definition) is 7. The third-order valence-electron chi connectivity index (χ3n) is 27.4. The second-order valence-corrected chi connectivity index (χ2v) is 37.3.